The molecule has 1 atom stereocenters. The van der Waals surface area contributed by atoms with Crippen LogP contribution in [0.15, 0.2) is 41.2 Å². The van der Waals surface area contributed by atoms with Gasteiger partial charge in [0, 0.05) is 60.5 Å². The molecule has 194 valence electrons. The molecule has 0 amide bonds. The fourth-order valence-electron chi connectivity index (χ4n) is 5.28. The highest BCUT2D eigenvalue weighted by atomic mass is 35.5. The van der Waals surface area contributed by atoms with E-state index in [2.05, 4.69) is 56.3 Å². The van der Waals surface area contributed by atoms with Crippen molar-refractivity contribution in [2.45, 2.75) is 33.4 Å². The number of nitrogens with one attached hydrogen (secondary N) is 1. The third-order valence-electron chi connectivity index (χ3n) is 7.14. The zero-order valence-corrected chi connectivity index (χ0v) is 22.4. The SMILES string of the molecule is COCCn1nnnc1[C@@H](c1cc2c(C)cc(C)cc2[nH]c1=O)N1CCN(c2cc(Cl)ccc2C)CC1. The number of ether oxygens (including phenoxy) is 1. The lowest BCUT2D eigenvalue weighted by Gasteiger charge is -2.40. The van der Waals surface area contributed by atoms with Gasteiger partial charge < -0.3 is 14.6 Å². The highest BCUT2D eigenvalue weighted by Gasteiger charge is 2.33. The van der Waals surface area contributed by atoms with E-state index in [4.69, 9.17) is 16.3 Å². The van der Waals surface area contributed by atoms with Crippen LogP contribution in [0.3, 0.4) is 0 Å². The second-order valence-electron chi connectivity index (χ2n) is 9.71. The number of H-pyrrole nitrogens is 1. The summed E-state index contributed by atoms with van der Waals surface area (Å²) in [6.45, 7) is 10.2. The molecule has 0 spiro atoms. The Hall–Kier alpha value is -3.27. The lowest BCUT2D eigenvalue weighted by molar-refractivity contribution is 0.171. The second kappa shape index (κ2) is 10.6. The minimum absolute atomic E-state index is 0.128. The minimum atomic E-state index is -0.400. The van der Waals surface area contributed by atoms with Crippen molar-refractivity contribution < 1.29 is 4.74 Å². The molecular weight excluding hydrogens is 490 g/mol. The van der Waals surface area contributed by atoms with Gasteiger partial charge in [0.2, 0.25) is 0 Å². The number of methoxy groups -OCH3 is 1. The molecule has 1 aliphatic rings. The van der Waals surface area contributed by atoms with Gasteiger partial charge in [-0.2, -0.15) is 0 Å². The number of nitrogens with zero attached hydrogens (tertiary/aromatic N) is 6. The maximum absolute atomic E-state index is 13.5. The van der Waals surface area contributed by atoms with Gasteiger partial charge in [-0.3, -0.25) is 9.69 Å². The fourth-order valence-corrected chi connectivity index (χ4v) is 5.45. The van der Waals surface area contributed by atoms with E-state index in [-0.39, 0.29) is 5.56 Å². The molecule has 9 nitrogen and oxygen atoms in total. The molecule has 3 heterocycles. The van der Waals surface area contributed by atoms with Crippen LogP contribution in [0.2, 0.25) is 5.02 Å². The van der Waals surface area contributed by atoms with E-state index in [1.165, 1.54) is 5.56 Å². The number of hydrogen-bond donors (Lipinski definition) is 1. The molecule has 0 radical (unpaired) electrons. The molecule has 0 bridgehead atoms. The molecule has 1 fully saturated rings. The van der Waals surface area contributed by atoms with E-state index in [9.17, 15) is 4.79 Å². The molecule has 37 heavy (non-hydrogen) atoms. The molecule has 1 N–H and O–H groups in total. The maximum Gasteiger partial charge on any atom is 0.253 e. The summed E-state index contributed by atoms with van der Waals surface area (Å²) in [6.07, 6.45) is 0. The second-order valence-corrected chi connectivity index (χ2v) is 10.1. The third kappa shape index (κ3) is 5.12. The smallest absolute Gasteiger partial charge is 0.253 e. The van der Waals surface area contributed by atoms with Gasteiger partial charge in [-0.25, -0.2) is 4.68 Å². The predicted octanol–water partition coefficient (Wildman–Crippen LogP) is 3.65. The van der Waals surface area contributed by atoms with Crippen LogP contribution in [-0.4, -0.2) is 70.0 Å². The summed E-state index contributed by atoms with van der Waals surface area (Å²) in [5.41, 5.74) is 5.91. The summed E-state index contributed by atoms with van der Waals surface area (Å²) < 4.78 is 7.02. The first-order valence-electron chi connectivity index (χ1n) is 12.5. The summed E-state index contributed by atoms with van der Waals surface area (Å²) in [6, 6.07) is 11.7. The van der Waals surface area contributed by atoms with E-state index >= 15 is 0 Å². The number of aromatic amines is 1. The van der Waals surface area contributed by atoms with Gasteiger partial charge in [0.25, 0.3) is 5.56 Å². The number of rotatable bonds is 7. The van der Waals surface area contributed by atoms with E-state index < -0.39 is 6.04 Å². The number of anilines is 1. The number of pyridine rings is 1. The van der Waals surface area contributed by atoms with E-state index in [1.54, 1.807) is 11.8 Å². The van der Waals surface area contributed by atoms with Crippen LogP contribution in [0.4, 0.5) is 5.69 Å². The average Bonchev–Trinajstić information content (AvgIpc) is 3.33. The van der Waals surface area contributed by atoms with Crippen molar-refractivity contribution in [1.29, 1.82) is 0 Å². The van der Waals surface area contributed by atoms with Crippen molar-refractivity contribution in [3.8, 4) is 0 Å². The highest BCUT2D eigenvalue weighted by Crippen LogP contribution is 2.31. The van der Waals surface area contributed by atoms with Crippen LogP contribution < -0.4 is 10.5 Å². The summed E-state index contributed by atoms with van der Waals surface area (Å²) in [5.74, 6) is 0.638. The van der Waals surface area contributed by atoms with Crippen molar-refractivity contribution >= 4 is 28.2 Å². The topological polar surface area (TPSA) is 92.2 Å². The molecule has 2 aromatic heterocycles. The number of aryl methyl sites for hydroxylation is 3. The number of fused-ring (bicyclic) bond motifs is 1. The molecule has 4 aromatic rings. The largest absolute Gasteiger partial charge is 0.383 e. The van der Waals surface area contributed by atoms with Gasteiger partial charge in [-0.05, 0) is 72.2 Å². The van der Waals surface area contributed by atoms with Crippen molar-refractivity contribution in [1.82, 2.24) is 30.1 Å². The van der Waals surface area contributed by atoms with Gasteiger partial charge in [0.1, 0.15) is 6.04 Å². The van der Waals surface area contributed by atoms with Crippen LogP contribution in [0, 0.1) is 20.8 Å². The average molecular weight is 522 g/mol. The van der Waals surface area contributed by atoms with Crippen LogP contribution in [-0.2, 0) is 11.3 Å². The lowest BCUT2D eigenvalue weighted by Crippen LogP contribution is -2.49. The normalized spacial score (nSPS) is 15.4. The van der Waals surface area contributed by atoms with Gasteiger partial charge >= 0.3 is 0 Å². The van der Waals surface area contributed by atoms with Crippen LogP contribution in [0.25, 0.3) is 10.9 Å². The quantitative estimate of drug-likeness (QED) is 0.397. The number of tetrazole rings is 1. The Balaban J connectivity index is 1.54. The predicted molar refractivity (Wildman–Crippen MR) is 146 cm³/mol. The molecule has 5 rings (SSSR count). The van der Waals surface area contributed by atoms with Gasteiger partial charge in [-0.15, -0.1) is 5.10 Å². The van der Waals surface area contributed by atoms with Gasteiger partial charge in [0.05, 0.1) is 13.2 Å². The van der Waals surface area contributed by atoms with Crippen LogP contribution >= 0.6 is 11.6 Å². The Morgan fingerprint density at radius 2 is 1.84 bits per heavy atom. The molecule has 2 aromatic carbocycles. The van der Waals surface area contributed by atoms with Crippen molar-refractivity contribution in [2.24, 2.45) is 0 Å². The Bertz CT molecular complexity index is 1470. The molecule has 10 heteroatoms. The van der Waals surface area contributed by atoms with E-state index in [0.29, 0.717) is 24.5 Å². The van der Waals surface area contributed by atoms with Crippen molar-refractivity contribution in [2.75, 3.05) is 44.8 Å². The molecular formula is C27H32ClN7O2. The van der Waals surface area contributed by atoms with Gasteiger partial charge in [-0.1, -0.05) is 23.7 Å². The van der Waals surface area contributed by atoms with Crippen molar-refractivity contribution in [3.63, 3.8) is 0 Å². The molecule has 0 unspecified atom stereocenters. The highest BCUT2D eigenvalue weighted by molar-refractivity contribution is 6.30. The number of aromatic nitrogens is 5. The van der Waals surface area contributed by atoms with Gasteiger partial charge in [0.15, 0.2) is 5.82 Å². The molecule has 0 saturated carbocycles. The first-order valence-corrected chi connectivity index (χ1v) is 12.9. The summed E-state index contributed by atoms with van der Waals surface area (Å²) >= 11 is 6.30. The fraction of sp³-hybridized carbons (Fsp3) is 0.407. The zero-order valence-electron chi connectivity index (χ0n) is 21.7. The number of piperazine rings is 1. The number of hydrogen-bond acceptors (Lipinski definition) is 7. The minimum Gasteiger partial charge on any atom is -0.383 e. The third-order valence-corrected chi connectivity index (χ3v) is 7.37. The zero-order chi connectivity index (χ0) is 26.1. The monoisotopic (exact) mass is 521 g/mol. The Kier molecular flexibility index (Phi) is 7.28. The molecule has 1 aliphatic heterocycles. The lowest BCUT2D eigenvalue weighted by atomic mass is 9.99. The Labute approximate surface area is 221 Å². The van der Waals surface area contributed by atoms with Crippen molar-refractivity contribution in [3.05, 3.63) is 79.9 Å². The summed E-state index contributed by atoms with van der Waals surface area (Å²) in [4.78, 5) is 21.3. The molecule has 0 aliphatic carbocycles. The first-order chi connectivity index (χ1) is 17.9. The first kappa shape index (κ1) is 25.4. The van der Waals surface area contributed by atoms with E-state index in [0.717, 1.165) is 58.9 Å². The Morgan fingerprint density at radius 1 is 1.05 bits per heavy atom. The Morgan fingerprint density at radius 3 is 2.59 bits per heavy atom. The number of benzene rings is 2. The van der Waals surface area contributed by atoms with E-state index in [1.807, 2.05) is 31.2 Å². The van der Waals surface area contributed by atoms with Crippen LogP contribution in [0.5, 0.6) is 0 Å². The maximum atomic E-state index is 13.5. The standard InChI is InChI=1S/C27H32ClN7O2/c1-17-13-19(3)21-16-22(27(36)29-23(21)14-17)25(26-30-31-32-35(26)11-12-37-4)34-9-7-33(8-10-34)24-15-20(28)6-5-18(24)2/h5-6,13-16,25H,7-12H2,1-4H3,(H,29,36)/t25-/m1/s1. The molecule has 1 saturated heterocycles. The summed E-state index contributed by atoms with van der Waals surface area (Å²) in [5, 5.41) is 14.3. The number of halogens is 1. The summed E-state index contributed by atoms with van der Waals surface area (Å²) in [7, 11) is 1.65. The van der Waals surface area contributed by atoms with Crippen LogP contribution in [0.1, 0.15) is 34.1 Å².